The standard InChI is InChI=1S/C12H19N3/c13-8-12-5-2-6-15(12)9-10-3-1-4-11(14)7-10/h1,3-4,7,12H,2,5-6,8-9,13-14H2. The topological polar surface area (TPSA) is 55.3 Å². The molecule has 0 bridgehead atoms. The number of nitrogen functional groups attached to an aromatic ring is 1. The van der Waals surface area contributed by atoms with Gasteiger partial charge in [0.1, 0.15) is 0 Å². The lowest BCUT2D eigenvalue weighted by Crippen LogP contribution is -2.34. The van der Waals surface area contributed by atoms with E-state index in [2.05, 4.69) is 11.0 Å². The maximum absolute atomic E-state index is 5.76. The maximum atomic E-state index is 5.76. The molecule has 1 aliphatic heterocycles. The van der Waals surface area contributed by atoms with Crippen LogP contribution < -0.4 is 11.5 Å². The molecule has 0 spiro atoms. The van der Waals surface area contributed by atoms with E-state index in [1.165, 1.54) is 18.4 Å². The summed E-state index contributed by atoms with van der Waals surface area (Å²) >= 11 is 0. The summed E-state index contributed by atoms with van der Waals surface area (Å²) in [5.74, 6) is 0. The van der Waals surface area contributed by atoms with E-state index in [0.29, 0.717) is 6.04 Å². The first kappa shape index (κ1) is 10.5. The number of anilines is 1. The predicted octanol–water partition coefficient (Wildman–Crippen LogP) is 1.19. The molecule has 1 heterocycles. The Morgan fingerprint density at radius 2 is 2.27 bits per heavy atom. The molecule has 3 nitrogen and oxygen atoms in total. The van der Waals surface area contributed by atoms with Crippen LogP contribution in [-0.4, -0.2) is 24.0 Å². The number of likely N-dealkylation sites (tertiary alicyclic amines) is 1. The first-order chi connectivity index (χ1) is 7.29. The molecule has 1 saturated heterocycles. The van der Waals surface area contributed by atoms with Crippen LogP contribution in [0.4, 0.5) is 5.69 Å². The number of hydrogen-bond donors (Lipinski definition) is 2. The molecule has 0 radical (unpaired) electrons. The van der Waals surface area contributed by atoms with Crippen molar-refractivity contribution in [3.63, 3.8) is 0 Å². The number of benzene rings is 1. The molecular formula is C12H19N3. The first-order valence-electron chi connectivity index (χ1n) is 5.58. The van der Waals surface area contributed by atoms with E-state index in [1.54, 1.807) is 0 Å². The molecule has 1 aliphatic rings. The van der Waals surface area contributed by atoms with E-state index in [9.17, 15) is 0 Å². The fraction of sp³-hybridized carbons (Fsp3) is 0.500. The maximum Gasteiger partial charge on any atom is 0.0317 e. The van der Waals surface area contributed by atoms with Crippen molar-refractivity contribution >= 4 is 5.69 Å². The molecule has 1 atom stereocenters. The Kier molecular flexibility index (Phi) is 3.23. The fourth-order valence-corrected chi connectivity index (χ4v) is 2.30. The minimum absolute atomic E-state index is 0.562. The van der Waals surface area contributed by atoms with Gasteiger partial charge in [-0.1, -0.05) is 12.1 Å². The van der Waals surface area contributed by atoms with Gasteiger partial charge in [-0.2, -0.15) is 0 Å². The van der Waals surface area contributed by atoms with E-state index in [0.717, 1.165) is 25.3 Å². The molecule has 15 heavy (non-hydrogen) atoms. The van der Waals surface area contributed by atoms with Gasteiger partial charge in [-0.05, 0) is 37.1 Å². The van der Waals surface area contributed by atoms with Crippen molar-refractivity contribution in [1.29, 1.82) is 0 Å². The van der Waals surface area contributed by atoms with Crippen LogP contribution in [0.2, 0.25) is 0 Å². The van der Waals surface area contributed by atoms with Gasteiger partial charge < -0.3 is 11.5 Å². The van der Waals surface area contributed by atoms with Gasteiger partial charge in [-0.15, -0.1) is 0 Å². The average Bonchev–Trinajstić information content (AvgIpc) is 2.65. The zero-order valence-electron chi connectivity index (χ0n) is 9.02. The van der Waals surface area contributed by atoms with Crippen LogP contribution in [0.1, 0.15) is 18.4 Å². The van der Waals surface area contributed by atoms with Gasteiger partial charge in [0, 0.05) is 24.8 Å². The van der Waals surface area contributed by atoms with E-state index in [-0.39, 0.29) is 0 Å². The highest BCUT2D eigenvalue weighted by Crippen LogP contribution is 2.19. The summed E-state index contributed by atoms with van der Waals surface area (Å²) in [6, 6.07) is 8.67. The van der Waals surface area contributed by atoms with Crippen LogP contribution in [0.3, 0.4) is 0 Å². The van der Waals surface area contributed by atoms with E-state index in [1.807, 2.05) is 18.2 Å². The molecule has 4 N–H and O–H groups in total. The summed E-state index contributed by atoms with van der Waals surface area (Å²) in [5, 5.41) is 0. The van der Waals surface area contributed by atoms with Crippen molar-refractivity contribution in [2.75, 3.05) is 18.8 Å². The minimum Gasteiger partial charge on any atom is -0.399 e. The highest BCUT2D eigenvalue weighted by Gasteiger charge is 2.22. The number of nitrogens with two attached hydrogens (primary N) is 2. The number of nitrogens with zero attached hydrogens (tertiary/aromatic N) is 1. The SMILES string of the molecule is NCC1CCCN1Cc1cccc(N)c1. The van der Waals surface area contributed by atoms with Gasteiger partial charge in [-0.3, -0.25) is 4.90 Å². The third kappa shape index (κ3) is 2.49. The number of rotatable bonds is 3. The average molecular weight is 205 g/mol. The second kappa shape index (κ2) is 4.64. The molecule has 1 aromatic carbocycles. The van der Waals surface area contributed by atoms with Crippen LogP contribution in [0.15, 0.2) is 24.3 Å². The van der Waals surface area contributed by atoms with Gasteiger partial charge in [0.05, 0.1) is 0 Å². The highest BCUT2D eigenvalue weighted by atomic mass is 15.2. The Morgan fingerprint density at radius 1 is 1.40 bits per heavy atom. The Bertz CT molecular complexity index is 324. The molecule has 2 rings (SSSR count). The Hall–Kier alpha value is -1.06. The Labute approximate surface area is 91.1 Å². The lowest BCUT2D eigenvalue weighted by molar-refractivity contribution is 0.250. The molecule has 1 aromatic rings. The molecule has 0 saturated carbocycles. The first-order valence-corrected chi connectivity index (χ1v) is 5.58. The van der Waals surface area contributed by atoms with Crippen molar-refractivity contribution < 1.29 is 0 Å². The highest BCUT2D eigenvalue weighted by molar-refractivity contribution is 5.40. The van der Waals surface area contributed by atoms with E-state index >= 15 is 0 Å². The summed E-state index contributed by atoms with van der Waals surface area (Å²) in [7, 11) is 0. The van der Waals surface area contributed by atoms with Gasteiger partial charge in [-0.25, -0.2) is 0 Å². The van der Waals surface area contributed by atoms with Crippen LogP contribution >= 0.6 is 0 Å². The summed E-state index contributed by atoms with van der Waals surface area (Å²) in [6.45, 7) is 2.91. The molecule has 0 aliphatic carbocycles. The van der Waals surface area contributed by atoms with Crippen LogP contribution in [0.5, 0.6) is 0 Å². The second-order valence-electron chi connectivity index (χ2n) is 4.25. The van der Waals surface area contributed by atoms with Crippen molar-refractivity contribution in [3.05, 3.63) is 29.8 Å². The van der Waals surface area contributed by atoms with Crippen molar-refractivity contribution in [3.8, 4) is 0 Å². The second-order valence-corrected chi connectivity index (χ2v) is 4.25. The summed E-state index contributed by atoms with van der Waals surface area (Å²) in [4.78, 5) is 2.45. The van der Waals surface area contributed by atoms with Gasteiger partial charge >= 0.3 is 0 Å². The van der Waals surface area contributed by atoms with Crippen LogP contribution in [0, 0.1) is 0 Å². The molecular weight excluding hydrogens is 186 g/mol. The number of hydrogen-bond acceptors (Lipinski definition) is 3. The largest absolute Gasteiger partial charge is 0.399 e. The Balaban J connectivity index is 2.02. The smallest absolute Gasteiger partial charge is 0.0317 e. The molecule has 3 heteroatoms. The van der Waals surface area contributed by atoms with Crippen molar-refractivity contribution in [2.45, 2.75) is 25.4 Å². The van der Waals surface area contributed by atoms with Crippen LogP contribution in [-0.2, 0) is 6.54 Å². The van der Waals surface area contributed by atoms with E-state index < -0.39 is 0 Å². The van der Waals surface area contributed by atoms with Crippen LogP contribution in [0.25, 0.3) is 0 Å². The van der Waals surface area contributed by atoms with Gasteiger partial charge in [0.2, 0.25) is 0 Å². The third-order valence-corrected chi connectivity index (χ3v) is 3.11. The molecule has 1 fully saturated rings. The molecule has 1 unspecified atom stereocenters. The monoisotopic (exact) mass is 205 g/mol. The van der Waals surface area contributed by atoms with Gasteiger partial charge in [0.25, 0.3) is 0 Å². The Morgan fingerprint density at radius 3 is 3.00 bits per heavy atom. The summed E-state index contributed by atoms with van der Waals surface area (Å²) in [5.41, 5.74) is 13.6. The zero-order chi connectivity index (χ0) is 10.7. The lowest BCUT2D eigenvalue weighted by atomic mass is 10.1. The summed E-state index contributed by atoms with van der Waals surface area (Å²) < 4.78 is 0. The van der Waals surface area contributed by atoms with E-state index in [4.69, 9.17) is 11.5 Å². The molecule has 0 aromatic heterocycles. The normalized spacial score (nSPS) is 22.1. The molecule has 0 amide bonds. The fourth-order valence-electron chi connectivity index (χ4n) is 2.30. The third-order valence-electron chi connectivity index (χ3n) is 3.11. The zero-order valence-corrected chi connectivity index (χ0v) is 9.02. The predicted molar refractivity (Wildman–Crippen MR) is 63.3 cm³/mol. The minimum atomic E-state index is 0.562. The quantitative estimate of drug-likeness (QED) is 0.729. The lowest BCUT2D eigenvalue weighted by Gasteiger charge is -2.23. The van der Waals surface area contributed by atoms with Crippen molar-refractivity contribution in [1.82, 2.24) is 4.90 Å². The van der Waals surface area contributed by atoms with Gasteiger partial charge in [0.15, 0.2) is 0 Å². The summed E-state index contributed by atoms with van der Waals surface area (Å²) in [6.07, 6.45) is 2.50. The van der Waals surface area contributed by atoms with Crippen molar-refractivity contribution in [2.24, 2.45) is 5.73 Å². The molecule has 82 valence electrons.